The summed E-state index contributed by atoms with van der Waals surface area (Å²) in [5, 5.41) is 0. The SMILES string of the molecule is COCCC(=O)OC(=O)OC(=O)CCOC. The molecule has 0 saturated carbocycles. The second-order valence-corrected chi connectivity index (χ2v) is 2.68. The molecule has 0 aromatic carbocycles. The van der Waals surface area contributed by atoms with E-state index in [0.717, 1.165) is 0 Å². The molecule has 0 saturated heterocycles. The Balaban J connectivity index is 3.72. The maximum Gasteiger partial charge on any atom is 0.524 e. The normalized spacial score (nSPS) is 9.62. The van der Waals surface area contributed by atoms with Crippen molar-refractivity contribution >= 4 is 18.1 Å². The second-order valence-electron chi connectivity index (χ2n) is 2.68. The Hall–Kier alpha value is -1.47. The van der Waals surface area contributed by atoms with Gasteiger partial charge in [0.05, 0.1) is 26.1 Å². The van der Waals surface area contributed by atoms with Gasteiger partial charge in [-0.15, -0.1) is 0 Å². The number of esters is 2. The molecule has 0 unspecified atom stereocenters. The highest BCUT2D eigenvalue weighted by Gasteiger charge is 2.15. The van der Waals surface area contributed by atoms with Gasteiger partial charge in [0.25, 0.3) is 0 Å². The predicted octanol–water partition coefficient (Wildman–Crippen LogP) is 0.266. The van der Waals surface area contributed by atoms with Crippen molar-refractivity contribution in [1.29, 1.82) is 0 Å². The molecule has 0 rings (SSSR count). The third-order valence-electron chi connectivity index (χ3n) is 1.41. The van der Waals surface area contributed by atoms with E-state index in [1.54, 1.807) is 0 Å². The molecule has 7 nitrogen and oxygen atoms in total. The summed E-state index contributed by atoms with van der Waals surface area (Å²) in [6, 6.07) is 0. The molecule has 0 spiro atoms. The zero-order valence-corrected chi connectivity index (χ0v) is 9.19. The summed E-state index contributed by atoms with van der Waals surface area (Å²) in [7, 11) is 2.81. The highest BCUT2D eigenvalue weighted by molar-refractivity contribution is 5.88. The summed E-state index contributed by atoms with van der Waals surface area (Å²) in [6.45, 7) is 0.257. The highest BCUT2D eigenvalue weighted by atomic mass is 16.8. The van der Waals surface area contributed by atoms with Crippen LogP contribution in [-0.4, -0.2) is 45.5 Å². The van der Waals surface area contributed by atoms with Gasteiger partial charge >= 0.3 is 18.1 Å². The van der Waals surface area contributed by atoms with Gasteiger partial charge in [0.1, 0.15) is 0 Å². The van der Waals surface area contributed by atoms with E-state index in [1.165, 1.54) is 14.2 Å². The number of hydrogen-bond acceptors (Lipinski definition) is 7. The van der Waals surface area contributed by atoms with Crippen LogP contribution in [0.5, 0.6) is 0 Å². The van der Waals surface area contributed by atoms with Crippen LogP contribution >= 0.6 is 0 Å². The van der Waals surface area contributed by atoms with E-state index in [4.69, 9.17) is 0 Å². The van der Waals surface area contributed by atoms with Crippen LogP contribution < -0.4 is 0 Å². The Kier molecular flexibility index (Phi) is 8.00. The van der Waals surface area contributed by atoms with Gasteiger partial charge in [0, 0.05) is 14.2 Å². The van der Waals surface area contributed by atoms with Gasteiger partial charge < -0.3 is 18.9 Å². The fourth-order valence-electron chi connectivity index (χ4n) is 0.680. The smallest absolute Gasteiger partial charge is 0.384 e. The predicted molar refractivity (Wildman–Crippen MR) is 50.6 cm³/mol. The lowest BCUT2D eigenvalue weighted by Crippen LogP contribution is -2.19. The molecule has 16 heavy (non-hydrogen) atoms. The Morgan fingerprint density at radius 1 is 0.812 bits per heavy atom. The van der Waals surface area contributed by atoms with Crippen molar-refractivity contribution in [2.45, 2.75) is 12.8 Å². The zero-order chi connectivity index (χ0) is 12.4. The minimum absolute atomic E-state index is 0.0855. The zero-order valence-electron chi connectivity index (χ0n) is 9.19. The molecule has 0 aromatic rings. The molecule has 0 atom stereocenters. The summed E-state index contributed by atoms with van der Waals surface area (Å²) in [5.41, 5.74) is 0. The van der Waals surface area contributed by atoms with Gasteiger partial charge in [-0.25, -0.2) is 4.79 Å². The molecule has 0 heterocycles. The summed E-state index contributed by atoms with van der Waals surface area (Å²) in [5.74, 6) is -1.63. The quantitative estimate of drug-likeness (QED) is 0.481. The van der Waals surface area contributed by atoms with E-state index >= 15 is 0 Å². The molecule has 0 aliphatic rings. The van der Waals surface area contributed by atoms with Gasteiger partial charge in [0.2, 0.25) is 0 Å². The first kappa shape index (κ1) is 14.5. The molecular weight excluding hydrogens is 220 g/mol. The van der Waals surface area contributed by atoms with Crippen LogP contribution in [0.3, 0.4) is 0 Å². The lowest BCUT2D eigenvalue weighted by Gasteiger charge is -2.02. The van der Waals surface area contributed by atoms with E-state index in [9.17, 15) is 14.4 Å². The standard InChI is InChI=1S/C9H14O7/c1-13-5-3-7(10)15-9(12)16-8(11)4-6-14-2/h3-6H2,1-2H3. The van der Waals surface area contributed by atoms with Gasteiger partial charge in [-0.3, -0.25) is 9.59 Å². The van der Waals surface area contributed by atoms with Crippen molar-refractivity contribution in [3.63, 3.8) is 0 Å². The van der Waals surface area contributed by atoms with Crippen LogP contribution in [0, 0.1) is 0 Å². The van der Waals surface area contributed by atoms with Crippen LogP contribution in [-0.2, 0) is 28.5 Å². The van der Waals surface area contributed by atoms with Crippen LogP contribution in [0.4, 0.5) is 4.79 Å². The van der Waals surface area contributed by atoms with Crippen LogP contribution in [0.15, 0.2) is 0 Å². The largest absolute Gasteiger partial charge is 0.524 e. The van der Waals surface area contributed by atoms with Crippen LogP contribution in [0.2, 0.25) is 0 Å². The molecule has 0 aliphatic carbocycles. The molecule has 0 amide bonds. The minimum atomic E-state index is -1.33. The summed E-state index contributed by atoms with van der Waals surface area (Å²) >= 11 is 0. The van der Waals surface area contributed by atoms with Crippen molar-refractivity contribution in [2.24, 2.45) is 0 Å². The van der Waals surface area contributed by atoms with Crippen LogP contribution in [0.25, 0.3) is 0 Å². The molecule has 0 bridgehead atoms. The van der Waals surface area contributed by atoms with Crippen molar-refractivity contribution in [3.8, 4) is 0 Å². The lowest BCUT2D eigenvalue weighted by molar-refractivity contribution is -0.147. The average molecular weight is 234 g/mol. The first-order valence-corrected chi connectivity index (χ1v) is 4.53. The number of ether oxygens (including phenoxy) is 4. The van der Waals surface area contributed by atoms with Crippen molar-refractivity contribution in [2.75, 3.05) is 27.4 Å². The molecule has 92 valence electrons. The number of carbonyl (C=O) groups excluding carboxylic acids is 3. The van der Waals surface area contributed by atoms with Crippen LogP contribution in [0.1, 0.15) is 12.8 Å². The van der Waals surface area contributed by atoms with Gasteiger partial charge in [-0.1, -0.05) is 0 Å². The fourth-order valence-corrected chi connectivity index (χ4v) is 0.680. The van der Waals surface area contributed by atoms with Crippen molar-refractivity contribution in [3.05, 3.63) is 0 Å². The Morgan fingerprint density at radius 3 is 1.50 bits per heavy atom. The Morgan fingerprint density at radius 2 is 1.19 bits per heavy atom. The number of rotatable bonds is 6. The molecular formula is C9H14O7. The Labute approximate surface area is 92.6 Å². The first-order valence-electron chi connectivity index (χ1n) is 4.53. The monoisotopic (exact) mass is 234 g/mol. The third kappa shape index (κ3) is 7.89. The van der Waals surface area contributed by atoms with E-state index in [2.05, 4.69) is 18.9 Å². The van der Waals surface area contributed by atoms with Crippen molar-refractivity contribution in [1.82, 2.24) is 0 Å². The van der Waals surface area contributed by atoms with Gasteiger partial charge in [-0.2, -0.15) is 0 Å². The summed E-state index contributed by atoms with van der Waals surface area (Å²) in [6.07, 6.45) is -1.50. The van der Waals surface area contributed by atoms with Crippen molar-refractivity contribution < 1.29 is 33.3 Å². The Bertz CT molecular complexity index is 224. The second kappa shape index (κ2) is 8.81. The first-order chi connectivity index (χ1) is 7.60. The number of methoxy groups -OCH3 is 2. The van der Waals surface area contributed by atoms with E-state index in [1.807, 2.05) is 0 Å². The summed E-state index contributed by atoms with van der Waals surface area (Å²) in [4.78, 5) is 32.6. The molecule has 0 radical (unpaired) electrons. The van der Waals surface area contributed by atoms with E-state index in [0.29, 0.717) is 0 Å². The number of carbonyl (C=O) groups is 3. The molecule has 0 fully saturated rings. The van der Waals surface area contributed by atoms with Gasteiger partial charge in [-0.05, 0) is 0 Å². The topological polar surface area (TPSA) is 88.1 Å². The molecule has 0 aliphatic heterocycles. The summed E-state index contributed by atoms with van der Waals surface area (Å²) < 4.78 is 17.5. The number of hydrogen-bond donors (Lipinski definition) is 0. The molecule has 7 heteroatoms. The molecule has 0 N–H and O–H groups in total. The minimum Gasteiger partial charge on any atom is -0.384 e. The maximum atomic E-state index is 10.9. The van der Waals surface area contributed by atoms with E-state index in [-0.39, 0.29) is 26.1 Å². The average Bonchev–Trinajstić information content (AvgIpc) is 2.23. The van der Waals surface area contributed by atoms with E-state index < -0.39 is 18.1 Å². The fraction of sp³-hybridized carbons (Fsp3) is 0.667. The lowest BCUT2D eigenvalue weighted by atomic mass is 10.5. The third-order valence-corrected chi connectivity index (χ3v) is 1.41. The van der Waals surface area contributed by atoms with Gasteiger partial charge in [0.15, 0.2) is 0 Å². The molecule has 0 aromatic heterocycles. The highest BCUT2D eigenvalue weighted by Crippen LogP contribution is 1.94. The maximum absolute atomic E-state index is 10.9.